The first-order valence-corrected chi connectivity index (χ1v) is 13.1. The second-order valence-electron chi connectivity index (χ2n) is 11.6. The van der Waals surface area contributed by atoms with E-state index in [1.54, 1.807) is 0 Å². The van der Waals surface area contributed by atoms with Gasteiger partial charge in [-0.2, -0.15) is 0 Å². The van der Waals surface area contributed by atoms with Gasteiger partial charge in [0.05, 0.1) is 0 Å². The van der Waals surface area contributed by atoms with Crippen molar-refractivity contribution in [1.29, 1.82) is 0 Å². The zero-order valence-corrected chi connectivity index (χ0v) is 20.5. The van der Waals surface area contributed by atoms with Gasteiger partial charge in [0.15, 0.2) is 5.92 Å². The van der Waals surface area contributed by atoms with Crippen molar-refractivity contribution in [1.82, 2.24) is 0 Å². The van der Waals surface area contributed by atoms with E-state index in [1.165, 1.54) is 57.8 Å². The number of carboxylic acid groups (broad SMARTS) is 2. The van der Waals surface area contributed by atoms with E-state index in [9.17, 15) is 19.8 Å². The first kappa shape index (κ1) is 24.6. The molecule has 4 heteroatoms. The molecule has 31 heavy (non-hydrogen) atoms. The van der Waals surface area contributed by atoms with Crippen molar-refractivity contribution < 1.29 is 19.8 Å². The van der Waals surface area contributed by atoms with Gasteiger partial charge in [0.1, 0.15) is 0 Å². The van der Waals surface area contributed by atoms with Crippen molar-refractivity contribution in [2.24, 2.45) is 52.3 Å². The Morgan fingerprint density at radius 1 is 0.839 bits per heavy atom. The maximum absolute atomic E-state index is 11.4. The predicted molar refractivity (Wildman–Crippen MR) is 124 cm³/mol. The molecule has 0 aromatic heterocycles. The van der Waals surface area contributed by atoms with E-state index in [0.29, 0.717) is 11.3 Å². The molecule has 178 valence electrons. The van der Waals surface area contributed by atoms with Crippen molar-refractivity contribution >= 4 is 11.9 Å². The minimum Gasteiger partial charge on any atom is -0.481 e. The summed E-state index contributed by atoms with van der Waals surface area (Å²) in [6, 6.07) is 0. The quantitative estimate of drug-likeness (QED) is 0.463. The average molecular weight is 435 g/mol. The fourth-order valence-corrected chi connectivity index (χ4v) is 9.11. The van der Waals surface area contributed by atoms with Gasteiger partial charge in [-0.25, -0.2) is 0 Å². The smallest absolute Gasteiger partial charge is 0.317 e. The monoisotopic (exact) mass is 434 g/mol. The molecular weight excluding hydrogens is 388 g/mol. The minimum atomic E-state index is -1.26. The van der Waals surface area contributed by atoms with Gasteiger partial charge in [0, 0.05) is 0 Å². The topological polar surface area (TPSA) is 74.6 Å². The number of hydrogen-bond donors (Lipinski definition) is 2. The predicted octanol–water partition coefficient (Wildman–Crippen LogP) is 6.87. The summed E-state index contributed by atoms with van der Waals surface area (Å²) in [5.41, 5.74) is 0.809. The summed E-state index contributed by atoms with van der Waals surface area (Å²) in [6.45, 7) is 11.2. The fourth-order valence-electron chi connectivity index (χ4n) is 9.11. The van der Waals surface area contributed by atoms with Crippen LogP contribution >= 0.6 is 0 Å². The third-order valence-electron chi connectivity index (χ3n) is 10.5. The Bertz CT molecular complexity index is 646. The molecule has 0 heterocycles. The van der Waals surface area contributed by atoms with Crippen molar-refractivity contribution in [3.05, 3.63) is 0 Å². The molecule has 4 nitrogen and oxygen atoms in total. The number of carboxylic acids is 2. The van der Waals surface area contributed by atoms with Crippen LogP contribution < -0.4 is 0 Å². The highest BCUT2D eigenvalue weighted by Gasteiger charge is 2.60. The summed E-state index contributed by atoms with van der Waals surface area (Å²) in [6.07, 6.45) is 13.7. The van der Waals surface area contributed by atoms with Gasteiger partial charge in [-0.05, 0) is 104 Å². The molecule has 0 saturated heterocycles. The van der Waals surface area contributed by atoms with Gasteiger partial charge in [-0.3, -0.25) is 9.59 Å². The number of fused-ring (bicyclic) bond motifs is 5. The summed E-state index contributed by atoms with van der Waals surface area (Å²) in [4.78, 5) is 22.9. The number of hydrogen-bond acceptors (Lipinski definition) is 2. The molecule has 0 spiro atoms. The van der Waals surface area contributed by atoms with Crippen LogP contribution in [0.15, 0.2) is 0 Å². The van der Waals surface area contributed by atoms with E-state index in [-0.39, 0.29) is 17.8 Å². The van der Waals surface area contributed by atoms with Gasteiger partial charge in [0.2, 0.25) is 0 Å². The van der Waals surface area contributed by atoms with Crippen LogP contribution in [0.25, 0.3) is 0 Å². The van der Waals surface area contributed by atoms with Gasteiger partial charge >= 0.3 is 11.9 Å². The van der Waals surface area contributed by atoms with E-state index in [2.05, 4.69) is 20.8 Å². The highest BCUT2D eigenvalue weighted by Crippen LogP contribution is 2.68. The maximum Gasteiger partial charge on any atom is 0.317 e. The van der Waals surface area contributed by atoms with Crippen LogP contribution in [0.3, 0.4) is 0 Å². The van der Waals surface area contributed by atoms with Crippen LogP contribution in [0.2, 0.25) is 0 Å². The van der Waals surface area contributed by atoms with Gasteiger partial charge in [0.25, 0.3) is 0 Å². The average Bonchev–Trinajstić information content (AvgIpc) is 3.09. The third-order valence-corrected chi connectivity index (χ3v) is 10.5. The lowest BCUT2D eigenvalue weighted by atomic mass is 9.44. The van der Waals surface area contributed by atoms with Gasteiger partial charge in [-0.15, -0.1) is 0 Å². The number of rotatable bonds is 5. The van der Waals surface area contributed by atoms with Crippen molar-refractivity contribution in [3.8, 4) is 0 Å². The summed E-state index contributed by atoms with van der Waals surface area (Å²) >= 11 is 0. The molecule has 4 fully saturated rings. The Morgan fingerprint density at radius 3 is 2.13 bits per heavy atom. The lowest BCUT2D eigenvalue weighted by Crippen LogP contribution is -2.53. The number of carbonyl (C=O) groups is 2. The van der Waals surface area contributed by atoms with Crippen LogP contribution in [0.1, 0.15) is 105 Å². The minimum absolute atomic E-state index is 0.153. The SMILES string of the molecule is CC.CC(CC(C(=O)O)C(=O)O)C1CCC2C3CC[C@@H]4CCCC[C@]4(C)C3CC[C@]12C. The largest absolute Gasteiger partial charge is 0.481 e. The van der Waals surface area contributed by atoms with E-state index in [1.807, 2.05) is 13.8 Å². The van der Waals surface area contributed by atoms with Crippen LogP contribution in [0.5, 0.6) is 0 Å². The second kappa shape index (κ2) is 9.43. The number of aliphatic carboxylic acids is 2. The Balaban J connectivity index is 0.00000132. The molecule has 4 saturated carbocycles. The molecule has 8 atom stereocenters. The van der Waals surface area contributed by atoms with Crippen molar-refractivity contribution in [2.75, 3.05) is 0 Å². The fraction of sp³-hybridized carbons (Fsp3) is 0.926. The molecule has 0 aromatic rings. The lowest BCUT2D eigenvalue weighted by Gasteiger charge is -2.61. The van der Waals surface area contributed by atoms with E-state index in [0.717, 1.165) is 30.1 Å². The maximum atomic E-state index is 11.4. The van der Waals surface area contributed by atoms with Gasteiger partial charge in [-0.1, -0.05) is 47.5 Å². The van der Waals surface area contributed by atoms with Crippen LogP contribution in [0, 0.1) is 52.3 Å². The van der Waals surface area contributed by atoms with Crippen molar-refractivity contribution in [3.63, 3.8) is 0 Å². The molecule has 4 aliphatic rings. The third kappa shape index (κ3) is 4.17. The first-order valence-electron chi connectivity index (χ1n) is 13.1. The Kier molecular flexibility index (Phi) is 7.48. The molecule has 4 rings (SSSR count). The summed E-state index contributed by atoms with van der Waals surface area (Å²) in [7, 11) is 0. The highest BCUT2D eigenvalue weighted by molar-refractivity contribution is 5.92. The molecule has 5 unspecified atom stereocenters. The molecule has 0 aliphatic heterocycles. The standard InChI is InChI=1S/C25H40O4.C2H6/c1-15(14-18(22(26)27)23(28)29)19-9-10-20-17-8-7-16-6-4-5-12-24(16,2)21(17)11-13-25(19,20)3;1-2/h15-21H,4-14H2,1-3H3,(H,26,27)(H,28,29);1-2H3/t15?,16-,17?,19?,20?,21?,24-,25+;/m0./s1. The molecule has 0 bridgehead atoms. The summed E-state index contributed by atoms with van der Waals surface area (Å²) in [5.74, 6) is 0.381. The molecule has 4 aliphatic carbocycles. The first-order chi connectivity index (χ1) is 14.7. The normalized spacial score (nSPS) is 42.5. The Labute approximate surface area is 189 Å². The highest BCUT2D eigenvalue weighted by atomic mass is 16.4. The van der Waals surface area contributed by atoms with E-state index >= 15 is 0 Å². The van der Waals surface area contributed by atoms with Gasteiger partial charge < -0.3 is 10.2 Å². The Morgan fingerprint density at radius 2 is 1.48 bits per heavy atom. The Hall–Kier alpha value is -1.06. The van der Waals surface area contributed by atoms with Crippen LogP contribution in [-0.2, 0) is 9.59 Å². The molecule has 0 amide bonds. The summed E-state index contributed by atoms with van der Waals surface area (Å²) < 4.78 is 0. The van der Waals surface area contributed by atoms with Crippen LogP contribution in [-0.4, -0.2) is 22.2 Å². The van der Waals surface area contributed by atoms with E-state index in [4.69, 9.17) is 0 Å². The second-order valence-corrected chi connectivity index (χ2v) is 11.6. The van der Waals surface area contributed by atoms with Crippen LogP contribution in [0.4, 0.5) is 0 Å². The molecule has 0 radical (unpaired) electrons. The zero-order valence-electron chi connectivity index (χ0n) is 20.5. The summed E-state index contributed by atoms with van der Waals surface area (Å²) in [5, 5.41) is 18.7. The lowest BCUT2D eigenvalue weighted by molar-refractivity contribution is -0.156. The van der Waals surface area contributed by atoms with E-state index < -0.39 is 17.9 Å². The molecular formula is C27H46O4. The molecule has 2 N–H and O–H groups in total. The zero-order chi connectivity index (χ0) is 23.0. The van der Waals surface area contributed by atoms with Crippen molar-refractivity contribution in [2.45, 2.75) is 105 Å². The molecule has 0 aromatic carbocycles.